The van der Waals surface area contributed by atoms with E-state index in [1.807, 2.05) is 0 Å². The first kappa shape index (κ1) is 13.9. The molecule has 1 aliphatic heterocycles. The van der Waals surface area contributed by atoms with Gasteiger partial charge >= 0.3 is 0 Å². The fourth-order valence-corrected chi connectivity index (χ4v) is 2.55. The van der Waals surface area contributed by atoms with Crippen LogP contribution in [-0.4, -0.2) is 53.5 Å². The zero-order chi connectivity index (χ0) is 12.4. The minimum atomic E-state index is -0.380. The Morgan fingerprint density at radius 3 is 2.19 bits per heavy atom. The maximum absolute atomic E-state index is 9.47. The van der Waals surface area contributed by atoms with Crippen LogP contribution < -0.4 is 5.73 Å². The summed E-state index contributed by atoms with van der Waals surface area (Å²) in [6.07, 6.45) is 0.358. The first-order valence-corrected chi connectivity index (χ1v) is 6.05. The van der Waals surface area contributed by atoms with Crippen molar-refractivity contribution in [3.8, 4) is 0 Å². The van der Waals surface area contributed by atoms with Crippen LogP contribution >= 0.6 is 0 Å². The molecular formula is C12H26N2O2. The molecule has 1 aliphatic rings. The summed E-state index contributed by atoms with van der Waals surface area (Å²) in [5.74, 6) is 0. The molecule has 1 heterocycles. The molecule has 1 fully saturated rings. The summed E-state index contributed by atoms with van der Waals surface area (Å²) in [6.45, 7) is 11.5. The number of aliphatic hydroxyl groups excluding tert-OH is 1. The van der Waals surface area contributed by atoms with Crippen LogP contribution in [0.2, 0.25) is 0 Å². The molecule has 1 rings (SSSR count). The van der Waals surface area contributed by atoms with Crippen molar-refractivity contribution in [3.63, 3.8) is 0 Å². The van der Waals surface area contributed by atoms with E-state index in [9.17, 15) is 5.11 Å². The normalized spacial score (nSPS) is 26.6. The lowest BCUT2D eigenvalue weighted by molar-refractivity contribution is -0.181. The van der Waals surface area contributed by atoms with Gasteiger partial charge in [-0.25, -0.2) is 0 Å². The summed E-state index contributed by atoms with van der Waals surface area (Å²) in [6, 6.07) is 0. The first-order valence-electron chi connectivity index (χ1n) is 6.05. The van der Waals surface area contributed by atoms with Crippen molar-refractivity contribution < 1.29 is 9.84 Å². The van der Waals surface area contributed by atoms with Crippen molar-refractivity contribution in [3.05, 3.63) is 0 Å². The Morgan fingerprint density at radius 1 is 1.25 bits per heavy atom. The van der Waals surface area contributed by atoms with E-state index >= 15 is 0 Å². The molecule has 0 aromatic rings. The molecule has 0 radical (unpaired) electrons. The van der Waals surface area contributed by atoms with Gasteiger partial charge in [-0.05, 0) is 34.1 Å². The maximum atomic E-state index is 9.47. The number of morpholine rings is 1. The topological polar surface area (TPSA) is 58.7 Å². The number of hydrogen-bond acceptors (Lipinski definition) is 4. The van der Waals surface area contributed by atoms with Crippen molar-refractivity contribution in [1.82, 2.24) is 4.90 Å². The third kappa shape index (κ3) is 4.37. The van der Waals surface area contributed by atoms with Gasteiger partial charge in [0.2, 0.25) is 0 Å². The highest BCUT2D eigenvalue weighted by Gasteiger charge is 2.37. The van der Waals surface area contributed by atoms with Crippen molar-refractivity contribution in [2.45, 2.75) is 51.4 Å². The molecule has 0 aromatic carbocycles. The van der Waals surface area contributed by atoms with Gasteiger partial charge in [0, 0.05) is 26.2 Å². The second-order valence-electron chi connectivity index (χ2n) is 6.01. The highest BCUT2D eigenvalue weighted by atomic mass is 16.5. The van der Waals surface area contributed by atoms with Crippen molar-refractivity contribution in [2.24, 2.45) is 5.73 Å². The number of nitrogens with two attached hydrogens (primary N) is 1. The largest absolute Gasteiger partial charge is 0.392 e. The van der Waals surface area contributed by atoms with Gasteiger partial charge in [0.1, 0.15) is 0 Å². The predicted octanol–water partition coefficient (Wildman–Crippen LogP) is 0.586. The Labute approximate surface area is 98.8 Å². The van der Waals surface area contributed by atoms with E-state index in [0.29, 0.717) is 6.54 Å². The molecule has 3 N–H and O–H groups in total. The Kier molecular flexibility index (Phi) is 4.35. The average Bonchev–Trinajstić information content (AvgIpc) is 2.09. The minimum absolute atomic E-state index is 0.116. The molecule has 16 heavy (non-hydrogen) atoms. The van der Waals surface area contributed by atoms with Gasteiger partial charge in [0.25, 0.3) is 0 Å². The van der Waals surface area contributed by atoms with Crippen LogP contribution in [0.4, 0.5) is 0 Å². The molecule has 0 spiro atoms. The lowest BCUT2D eigenvalue weighted by Gasteiger charge is -2.47. The Morgan fingerprint density at radius 2 is 1.75 bits per heavy atom. The standard InChI is InChI=1S/C12H26N2O2/c1-11(2)8-14(6-5-10(15)7-13)9-12(3,4)16-11/h10,15H,5-9,13H2,1-4H3. The fourth-order valence-electron chi connectivity index (χ4n) is 2.55. The van der Waals surface area contributed by atoms with Crippen molar-refractivity contribution in [2.75, 3.05) is 26.2 Å². The number of nitrogens with zero attached hydrogens (tertiary/aromatic N) is 1. The van der Waals surface area contributed by atoms with Gasteiger partial charge in [-0.3, -0.25) is 4.90 Å². The highest BCUT2D eigenvalue weighted by Crippen LogP contribution is 2.27. The van der Waals surface area contributed by atoms with Crippen LogP contribution in [0.25, 0.3) is 0 Å². The van der Waals surface area contributed by atoms with Crippen LogP contribution in [0.15, 0.2) is 0 Å². The molecule has 4 heteroatoms. The number of ether oxygens (including phenoxy) is 1. The van der Waals surface area contributed by atoms with Gasteiger partial charge in [0.05, 0.1) is 17.3 Å². The summed E-state index contributed by atoms with van der Waals surface area (Å²) in [5.41, 5.74) is 5.17. The summed E-state index contributed by atoms with van der Waals surface area (Å²) in [7, 11) is 0. The molecule has 1 unspecified atom stereocenters. The second kappa shape index (κ2) is 5.00. The Hall–Kier alpha value is -0.160. The van der Waals surface area contributed by atoms with E-state index in [1.54, 1.807) is 0 Å². The molecule has 96 valence electrons. The van der Waals surface area contributed by atoms with Gasteiger partial charge in [-0.15, -0.1) is 0 Å². The highest BCUT2D eigenvalue weighted by molar-refractivity contribution is 4.89. The average molecular weight is 230 g/mol. The van der Waals surface area contributed by atoms with Crippen LogP contribution in [0, 0.1) is 0 Å². The van der Waals surface area contributed by atoms with Gasteiger partial charge in [-0.2, -0.15) is 0 Å². The van der Waals surface area contributed by atoms with Gasteiger partial charge < -0.3 is 15.6 Å². The van der Waals surface area contributed by atoms with E-state index in [4.69, 9.17) is 10.5 Å². The van der Waals surface area contributed by atoms with Crippen LogP contribution in [-0.2, 0) is 4.74 Å². The van der Waals surface area contributed by atoms with Crippen LogP contribution in [0.1, 0.15) is 34.1 Å². The quantitative estimate of drug-likeness (QED) is 0.742. The van der Waals surface area contributed by atoms with E-state index < -0.39 is 0 Å². The zero-order valence-electron chi connectivity index (χ0n) is 11.0. The summed E-state index contributed by atoms with van der Waals surface area (Å²) < 4.78 is 6.00. The van der Waals surface area contributed by atoms with E-state index in [-0.39, 0.29) is 17.3 Å². The van der Waals surface area contributed by atoms with E-state index in [0.717, 1.165) is 26.1 Å². The van der Waals surface area contributed by atoms with E-state index in [2.05, 4.69) is 32.6 Å². The monoisotopic (exact) mass is 230 g/mol. The summed E-state index contributed by atoms with van der Waals surface area (Å²) in [4.78, 5) is 2.35. The molecule has 0 amide bonds. The molecule has 0 saturated carbocycles. The lowest BCUT2D eigenvalue weighted by Crippen LogP contribution is -2.57. The maximum Gasteiger partial charge on any atom is 0.0760 e. The number of rotatable bonds is 4. The number of aliphatic hydroxyl groups is 1. The van der Waals surface area contributed by atoms with E-state index in [1.165, 1.54) is 0 Å². The third-order valence-electron chi connectivity index (χ3n) is 2.81. The van der Waals surface area contributed by atoms with Gasteiger partial charge in [0.15, 0.2) is 0 Å². The summed E-state index contributed by atoms with van der Waals surface area (Å²) >= 11 is 0. The third-order valence-corrected chi connectivity index (χ3v) is 2.81. The number of hydrogen-bond donors (Lipinski definition) is 2. The smallest absolute Gasteiger partial charge is 0.0760 e. The molecule has 1 saturated heterocycles. The lowest BCUT2D eigenvalue weighted by atomic mass is 9.98. The van der Waals surface area contributed by atoms with Crippen LogP contribution in [0.3, 0.4) is 0 Å². The van der Waals surface area contributed by atoms with Crippen molar-refractivity contribution >= 4 is 0 Å². The Balaban J connectivity index is 2.48. The van der Waals surface area contributed by atoms with Crippen molar-refractivity contribution in [1.29, 1.82) is 0 Å². The minimum Gasteiger partial charge on any atom is -0.392 e. The van der Waals surface area contributed by atoms with Gasteiger partial charge in [-0.1, -0.05) is 0 Å². The Bertz CT molecular complexity index is 213. The zero-order valence-corrected chi connectivity index (χ0v) is 11.0. The SMILES string of the molecule is CC1(C)CN(CCC(O)CN)CC(C)(C)O1. The second-order valence-corrected chi connectivity index (χ2v) is 6.01. The molecule has 0 bridgehead atoms. The summed E-state index contributed by atoms with van der Waals surface area (Å²) in [5, 5.41) is 9.47. The molecule has 0 aromatic heterocycles. The first-order chi connectivity index (χ1) is 7.24. The predicted molar refractivity (Wildman–Crippen MR) is 65.4 cm³/mol. The molecule has 4 nitrogen and oxygen atoms in total. The molecular weight excluding hydrogens is 204 g/mol. The molecule has 0 aliphatic carbocycles. The van der Waals surface area contributed by atoms with Crippen LogP contribution in [0.5, 0.6) is 0 Å². The fraction of sp³-hybridized carbons (Fsp3) is 1.00. The molecule has 1 atom stereocenters.